The summed E-state index contributed by atoms with van der Waals surface area (Å²) < 4.78 is 39.8. The number of rotatable bonds is 1. The predicted molar refractivity (Wildman–Crippen MR) is 79.6 cm³/mol. The molecule has 1 aliphatic rings. The molecule has 2 aromatic rings. The smallest absolute Gasteiger partial charge is 0.399 e. The third-order valence-corrected chi connectivity index (χ3v) is 4.91. The van der Waals surface area contributed by atoms with E-state index in [0.29, 0.717) is 6.54 Å². The lowest BCUT2D eigenvalue weighted by Crippen LogP contribution is -2.34. The summed E-state index contributed by atoms with van der Waals surface area (Å²) in [6.45, 7) is 2.53. The quantitative estimate of drug-likeness (QED) is 0.787. The van der Waals surface area contributed by atoms with Crippen molar-refractivity contribution in [2.45, 2.75) is 25.6 Å². The molecule has 0 spiro atoms. The lowest BCUT2D eigenvalue weighted by atomic mass is 9.99. The normalized spacial score (nSPS) is 18.7. The molecule has 1 atom stereocenters. The van der Waals surface area contributed by atoms with E-state index in [2.05, 4.69) is 0 Å². The summed E-state index contributed by atoms with van der Waals surface area (Å²) in [5.41, 5.74) is 6.33. The number of nitrogen functional groups attached to an aromatic ring is 1. The molecule has 0 amide bonds. The highest BCUT2D eigenvalue weighted by molar-refractivity contribution is 7.10. The van der Waals surface area contributed by atoms with Gasteiger partial charge in [-0.3, -0.25) is 0 Å². The Balaban J connectivity index is 2.06. The fourth-order valence-electron chi connectivity index (χ4n) is 2.87. The number of alkyl halides is 3. The van der Waals surface area contributed by atoms with Crippen LogP contribution in [-0.4, -0.2) is 6.54 Å². The molecule has 2 N–H and O–H groups in total. The van der Waals surface area contributed by atoms with Gasteiger partial charge in [0.05, 0.1) is 11.6 Å². The minimum Gasteiger partial charge on any atom is -0.399 e. The van der Waals surface area contributed by atoms with E-state index in [1.807, 2.05) is 23.3 Å². The average Bonchev–Trinajstić information content (AvgIpc) is 2.88. The summed E-state index contributed by atoms with van der Waals surface area (Å²) in [5.74, 6) is 0. The fraction of sp³-hybridized carbons (Fsp3) is 0.333. The maximum atomic E-state index is 13.3. The van der Waals surface area contributed by atoms with Crippen LogP contribution in [0.25, 0.3) is 0 Å². The highest BCUT2D eigenvalue weighted by Gasteiger charge is 2.37. The van der Waals surface area contributed by atoms with E-state index in [4.69, 9.17) is 5.73 Å². The highest BCUT2D eigenvalue weighted by Crippen LogP contribution is 2.42. The highest BCUT2D eigenvalue weighted by atomic mass is 32.1. The molecule has 0 fully saturated rings. The number of hydrogen-bond acceptors (Lipinski definition) is 3. The van der Waals surface area contributed by atoms with E-state index >= 15 is 0 Å². The zero-order chi connectivity index (χ0) is 15.2. The Hall–Kier alpha value is -1.69. The van der Waals surface area contributed by atoms with Crippen LogP contribution in [-0.2, 0) is 12.6 Å². The van der Waals surface area contributed by atoms with Crippen LogP contribution >= 0.6 is 11.3 Å². The molecule has 0 saturated carbocycles. The maximum absolute atomic E-state index is 13.3. The van der Waals surface area contributed by atoms with E-state index in [9.17, 15) is 13.2 Å². The van der Waals surface area contributed by atoms with Gasteiger partial charge in [-0.05, 0) is 48.6 Å². The van der Waals surface area contributed by atoms with Crippen molar-refractivity contribution in [1.82, 2.24) is 0 Å². The van der Waals surface area contributed by atoms with Crippen molar-refractivity contribution in [3.63, 3.8) is 0 Å². The van der Waals surface area contributed by atoms with Crippen molar-refractivity contribution in [3.05, 3.63) is 45.6 Å². The van der Waals surface area contributed by atoms with Crippen LogP contribution in [0.1, 0.15) is 29.0 Å². The van der Waals surface area contributed by atoms with E-state index < -0.39 is 11.7 Å². The first-order valence-electron chi connectivity index (χ1n) is 6.67. The van der Waals surface area contributed by atoms with Crippen LogP contribution in [0.4, 0.5) is 24.5 Å². The second-order valence-electron chi connectivity index (χ2n) is 5.19. The SMILES string of the molecule is CC1c2ccsc2CCN1c1ccc(N)cc1C(F)(F)F. The number of nitrogens with two attached hydrogens (primary N) is 1. The van der Waals surface area contributed by atoms with Gasteiger partial charge in [-0.2, -0.15) is 13.2 Å². The third-order valence-electron chi connectivity index (χ3n) is 3.91. The molecule has 3 rings (SSSR count). The van der Waals surface area contributed by atoms with Crippen LogP contribution in [0.2, 0.25) is 0 Å². The first kappa shape index (κ1) is 14.3. The summed E-state index contributed by atoms with van der Waals surface area (Å²) in [6, 6.07) is 5.96. The first-order chi connectivity index (χ1) is 9.88. The number of halogens is 3. The molecule has 0 aliphatic carbocycles. The number of fused-ring (bicyclic) bond motifs is 1. The molecule has 112 valence electrons. The zero-order valence-electron chi connectivity index (χ0n) is 11.4. The van der Waals surface area contributed by atoms with Gasteiger partial charge in [0, 0.05) is 22.8 Å². The topological polar surface area (TPSA) is 29.3 Å². The van der Waals surface area contributed by atoms with Gasteiger partial charge in [0.15, 0.2) is 0 Å². The lowest BCUT2D eigenvalue weighted by molar-refractivity contribution is -0.137. The van der Waals surface area contributed by atoms with Gasteiger partial charge in [0.1, 0.15) is 0 Å². The molecule has 1 unspecified atom stereocenters. The molecule has 0 bridgehead atoms. The Morgan fingerprint density at radius 3 is 2.76 bits per heavy atom. The molecule has 1 aromatic heterocycles. The molecular formula is C15H15F3N2S. The van der Waals surface area contributed by atoms with Gasteiger partial charge in [0.25, 0.3) is 0 Å². The van der Waals surface area contributed by atoms with Crippen LogP contribution in [0.5, 0.6) is 0 Å². The first-order valence-corrected chi connectivity index (χ1v) is 7.55. The molecule has 1 aliphatic heterocycles. The Morgan fingerprint density at radius 2 is 2.05 bits per heavy atom. The molecule has 21 heavy (non-hydrogen) atoms. The van der Waals surface area contributed by atoms with Crippen LogP contribution < -0.4 is 10.6 Å². The second-order valence-corrected chi connectivity index (χ2v) is 6.19. The van der Waals surface area contributed by atoms with Crippen molar-refractivity contribution < 1.29 is 13.2 Å². The monoisotopic (exact) mass is 312 g/mol. The largest absolute Gasteiger partial charge is 0.418 e. The van der Waals surface area contributed by atoms with E-state index in [1.54, 1.807) is 11.3 Å². The van der Waals surface area contributed by atoms with Gasteiger partial charge >= 0.3 is 6.18 Å². The molecule has 0 saturated heterocycles. The zero-order valence-corrected chi connectivity index (χ0v) is 12.3. The Bertz CT molecular complexity index is 663. The molecule has 2 heterocycles. The second kappa shape index (κ2) is 4.94. The van der Waals surface area contributed by atoms with Gasteiger partial charge in [-0.15, -0.1) is 11.3 Å². The fourth-order valence-corrected chi connectivity index (χ4v) is 3.83. The maximum Gasteiger partial charge on any atom is 0.418 e. The number of anilines is 2. The van der Waals surface area contributed by atoms with Crippen molar-refractivity contribution in [1.29, 1.82) is 0 Å². The summed E-state index contributed by atoms with van der Waals surface area (Å²) in [5, 5.41) is 2.00. The molecule has 0 radical (unpaired) electrons. The van der Waals surface area contributed by atoms with Gasteiger partial charge in [-0.1, -0.05) is 0 Å². The van der Waals surface area contributed by atoms with Crippen molar-refractivity contribution in [2.24, 2.45) is 0 Å². The minimum absolute atomic E-state index is 0.0651. The van der Waals surface area contributed by atoms with Crippen molar-refractivity contribution in [2.75, 3.05) is 17.2 Å². The Labute approximate surface area is 125 Å². The van der Waals surface area contributed by atoms with Crippen LogP contribution in [0, 0.1) is 0 Å². The van der Waals surface area contributed by atoms with Crippen LogP contribution in [0.3, 0.4) is 0 Å². The van der Waals surface area contributed by atoms with Gasteiger partial charge in [-0.25, -0.2) is 0 Å². The van der Waals surface area contributed by atoms with Gasteiger partial charge in [0.2, 0.25) is 0 Å². The average molecular weight is 312 g/mol. The lowest BCUT2D eigenvalue weighted by Gasteiger charge is -2.37. The Kier molecular flexibility index (Phi) is 3.36. The standard InChI is InChI=1S/C15H15F3N2S/c1-9-11-5-7-21-14(11)4-6-20(9)13-3-2-10(19)8-12(13)15(16,17)18/h2-3,5,7-9H,4,6,19H2,1H3. The molecule has 2 nitrogen and oxygen atoms in total. The Morgan fingerprint density at radius 1 is 1.29 bits per heavy atom. The summed E-state index contributed by atoms with van der Waals surface area (Å²) in [7, 11) is 0. The van der Waals surface area contributed by atoms with E-state index in [1.165, 1.54) is 17.0 Å². The van der Waals surface area contributed by atoms with Crippen molar-refractivity contribution >= 4 is 22.7 Å². The third kappa shape index (κ3) is 2.48. The molecule has 1 aromatic carbocycles. The summed E-state index contributed by atoms with van der Waals surface area (Å²) in [6.07, 6.45) is -3.63. The number of nitrogens with zero attached hydrogens (tertiary/aromatic N) is 1. The van der Waals surface area contributed by atoms with Gasteiger partial charge < -0.3 is 10.6 Å². The van der Waals surface area contributed by atoms with E-state index in [0.717, 1.165) is 18.1 Å². The molecule has 6 heteroatoms. The minimum atomic E-state index is -4.40. The number of thiophene rings is 1. The van der Waals surface area contributed by atoms with Crippen molar-refractivity contribution in [3.8, 4) is 0 Å². The summed E-state index contributed by atoms with van der Waals surface area (Å²) in [4.78, 5) is 3.08. The number of hydrogen-bond donors (Lipinski definition) is 1. The van der Waals surface area contributed by atoms with Crippen LogP contribution in [0.15, 0.2) is 29.6 Å². The van der Waals surface area contributed by atoms with E-state index in [-0.39, 0.29) is 17.4 Å². The predicted octanol–water partition coefficient (Wildman–Crippen LogP) is 4.47. The summed E-state index contributed by atoms with van der Waals surface area (Å²) >= 11 is 1.67. The number of benzene rings is 1. The molecular weight excluding hydrogens is 297 g/mol.